The molecule has 9 atom stereocenters. The average Bonchev–Trinajstić information content (AvgIpc) is 3.30. The first-order chi connectivity index (χ1) is 10.7. The molecule has 6 aliphatic rings. The van der Waals surface area contributed by atoms with Crippen molar-refractivity contribution in [1.29, 1.82) is 0 Å². The Morgan fingerprint density at radius 3 is 2.23 bits per heavy atom. The van der Waals surface area contributed by atoms with Gasteiger partial charge in [0.05, 0.1) is 6.10 Å². The van der Waals surface area contributed by atoms with Crippen LogP contribution in [0.1, 0.15) is 12.8 Å². The molecular formula is C20H22O2. The monoisotopic (exact) mass is 294 g/mol. The van der Waals surface area contributed by atoms with Crippen molar-refractivity contribution in [3.8, 4) is 0 Å². The fraction of sp³-hybridized carbons (Fsp3) is 0.550. The van der Waals surface area contributed by atoms with E-state index in [4.69, 9.17) is 0 Å². The van der Waals surface area contributed by atoms with Crippen LogP contribution < -0.4 is 0 Å². The summed E-state index contributed by atoms with van der Waals surface area (Å²) >= 11 is 0. The van der Waals surface area contributed by atoms with Gasteiger partial charge in [0.2, 0.25) is 0 Å². The second kappa shape index (κ2) is 4.55. The Bertz CT molecular complexity index is 626. The van der Waals surface area contributed by atoms with Crippen molar-refractivity contribution in [2.75, 3.05) is 0 Å². The summed E-state index contributed by atoms with van der Waals surface area (Å²) in [5.41, 5.74) is 0. The number of hydrogen-bond donors (Lipinski definition) is 1. The smallest absolute Gasteiger partial charge is 0.159 e. The molecule has 0 aromatic rings. The summed E-state index contributed by atoms with van der Waals surface area (Å²) in [6, 6.07) is 0. The first kappa shape index (κ1) is 13.1. The highest BCUT2D eigenvalue weighted by atomic mass is 16.3. The lowest BCUT2D eigenvalue weighted by molar-refractivity contribution is -0.118. The highest BCUT2D eigenvalue weighted by molar-refractivity contribution is 5.95. The lowest BCUT2D eigenvalue weighted by atomic mass is 9.84. The quantitative estimate of drug-likeness (QED) is 0.698. The van der Waals surface area contributed by atoms with Crippen molar-refractivity contribution in [2.45, 2.75) is 18.9 Å². The molecule has 2 heteroatoms. The Balaban J connectivity index is 0.000000102. The van der Waals surface area contributed by atoms with E-state index in [9.17, 15) is 9.90 Å². The second-order valence-corrected chi connectivity index (χ2v) is 7.79. The number of carbonyl (C=O) groups is 1. The van der Waals surface area contributed by atoms with Gasteiger partial charge in [-0.1, -0.05) is 42.5 Å². The zero-order valence-electron chi connectivity index (χ0n) is 12.6. The van der Waals surface area contributed by atoms with Gasteiger partial charge in [-0.3, -0.25) is 4.79 Å². The fourth-order valence-corrected chi connectivity index (χ4v) is 5.86. The Hall–Kier alpha value is -1.41. The molecule has 0 aromatic heterocycles. The van der Waals surface area contributed by atoms with E-state index in [1.54, 1.807) is 6.08 Å². The molecule has 2 fully saturated rings. The maximum atomic E-state index is 11.3. The number of fused-ring (bicyclic) bond motifs is 10. The number of aliphatic hydroxyl groups excluding tert-OH is 1. The number of aliphatic hydroxyl groups is 1. The van der Waals surface area contributed by atoms with Crippen molar-refractivity contribution >= 4 is 5.78 Å². The normalized spacial score (nSPS) is 54.0. The molecule has 4 bridgehead atoms. The van der Waals surface area contributed by atoms with E-state index in [0.717, 1.165) is 5.92 Å². The van der Waals surface area contributed by atoms with Crippen LogP contribution >= 0.6 is 0 Å². The van der Waals surface area contributed by atoms with Crippen molar-refractivity contribution in [1.82, 2.24) is 0 Å². The molecular weight excluding hydrogens is 272 g/mol. The minimum atomic E-state index is -0.153. The predicted octanol–water partition coefficient (Wildman–Crippen LogP) is 2.92. The summed E-state index contributed by atoms with van der Waals surface area (Å²) in [5.74, 6) is 5.16. The molecule has 6 rings (SSSR count). The predicted molar refractivity (Wildman–Crippen MR) is 84.7 cm³/mol. The zero-order chi connectivity index (χ0) is 14.8. The molecule has 0 saturated heterocycles. The van der Waals surface area contributed by atoms with Gasteiger partial charge in [-0.2, -0.15) is 0 Å². The summed E-state index contributed by atoms with van der Waals surface area (Å²) in [7, 11) is 0. The summed E-state index contributed by atoms with van der Waals surface area (Å²) in [6.45, 7) is 0. The number of rotatable bonds is 0. The zero-order valence-corrected chi connectivity index (χ0v) is 12.6. The molecule has 0 radical (unpaired) electrons. The van der Waals surface area contributed by atoms with Gasteiger partial charge >= 0.3 is 0 Å². The molecule has 2 saturated carbocycles. The number of allylic oxidation sites excluding steroid dienone is 7. The summed E-state index contributed by atoms with van der Waals surface area (Å²) in [5, 5.41) is 9.60. The molecule has 0 aliphatic heterocycles. The van der Waals surface area contributed by atoms with E-state index in [0.29, 0.717) is 47.2 Å². The maximum absolute atomic E-state index is 11.3. The SMILES string of the molecule is O=C1C=C[C@@H]2[C@H]1[C@@H]1C=C[C@H]2C1.O[C@H]1C=C[C@@H]2[C@H]1[C@@H]1C=C[C@H]2C1. The topological polar surface area (TPSA) is 37.3 Å². The minimum Gasteiger partial charge on any atom is -0.389 e. The fourth-order valence-electron chi connectivity index (χ4n) is 5.86. The van der Waals surface area contributed by atoms with Gasteiger partial charge in [0.15, 0.2) is 5.78 Å². The van der Waals surface area contributed by atoms with Gasteiger partial charge in [-0.15, -0.1) is 0 Å². The summed E-state index contributed by atoms with van der Waals surface area (Å²) in [6.07, 6.45) is 19.6. The van der Waals surface area contributed by atoms with Crippen LogP contribution in [-0.4, -0.2) is 17.0 Å². The summed E-state index contributed by atoms with van der Waals surface area (Å²) in [4.78, 5) is 11.3. The molecule has 1 N–H and O–H groups in total. The average molecular weight is 294 g/mol. The van der Waals surface area contributed by atoms with Gasteiger partial charge in [0.1, 0.15) is 0 Å². The third-order valence-electron chi connectivity index (χ3n) is 6.84. The Labute approximate surface area is 131 Å². The van der Waals surface area contributed by atoms with E-state index < -0.39 is 0 Å². The van der Waals surface area contributed by atoms with Gasteiger partial charge in [0.25, 0.3) is 0 Å². The maximum Gasteiger partial charge on any atom is 0.159 e. The molecule has 0 amide bonds. The van der Waals surface area contributed by atoms with Crippen molar-refractivity contribution in [3.63, 3.8) is 0 Å². The van der Waals surface area contributed by atoms with Gasteiger partial charge in [-0.25, -0.2) is 0 Å². The largest absolute Gasteiger partial charge is 0.389 e. The van der Waals surface area contributed by atoms with Crippen LogP contribution in [0.4, 0.5) is 0 Å². The number of ketones is 1. The van der Waals surface area contributed by atoms with E-state index in [2.05, 4.69) is 36.5 Å². The Morgan fingerprint density at radius 1 is 0.773 bits per heavy atom. The molecule has 22 heavy (non-hydrogen) atoms. The third-order valence-corrected chi connectivity index (χ3v) is 6.84. The molecule has 0 aromatic carbocycles. The van der Waals surface area contributed by atoms with Crippen LogP contribution in [0.15, 0.2) is 48.6 Å². The molecule has 0 spiro atoms. The van der Waals surface area contributed by atoms with Crippen LogP contribution in [0.3, 0.4) is 0 Å². The van der Waals surface area contributed by atoms with Crippen LogP contribution in [0.25, 0.3) is 0 Å². The molecule has 114 valence electrons. The van der Waals surface area contributed by atoms with Gasteiger partial charge in [0, 0.05) is 11.8 Å². The van der Waals surface area contributed by atoms with Crippen LogP contribution in [0, 0.1) is 47.3 Å². The Morgan fingerprint density at radius 2 is 1.45 bits per heavy atom. The standard InChI is InChI=1S/C10H12O.C10H10O/c2*11-9-4-3-8-6-1-2-7(5-6)10(8)9/h1-4,6-11H,5H2;1-4,6-8,10H,5H2/t6-,7+,8-,9-,10+;6-,7+,8-,10+/m00/s1. The van der Waals surface area contributed by atoms with E-state index in [-0.39, 0.29) is 6.10 Å². The van der Waals surface area contributed by atoms with Gasteiger partial charge in [-0.05, 0) is 54.4 Å². The molecule has 6 aliphatic carbocycles. The lowest BCUT2D eigenvalue weighted by Crippen LogP contribution is -2.23. The van der Waals surface area contributed by atoms with Gasteiger partial charge < -0.3 is 5.11 Å². The summed E-state index contributed by atoms with van der Waals surface area (Å²) < 4.78 is 0. The van der Waals surface area contributed by atoms with Crippen molar-refractivity contribution < 1.29 is 9.90 Å². The third kappa shape index (κ3) is 1.68. The van der Waals surface area contributed by atoms with Crippen LogP contribution in [0.5, 0.6) is 0 Å². The molecule has 0 heterocycles. The van der Waals surface area contributed by atoms with Crippen molar-refractivity contribution in [3.05, 3.63) is 48.6 Å². The minimum absolute atomic E-state index is 0.153. The van der Waals surface area contributed by atoms with E-state index in [1.807, 2.05) is 6.08 Å². The number of carbonyl (C=O) groups excluding carboxylic acids is 1. The Kier molecular flexibility index (Phi) is 2.70. The lowest BCUT2D eigenvalue weighted by Gasteiger charge is -2.22. The van der Waals surface area contributed by atoms with E-state index >= 15 is 0 Å². The van der Waals surface area contributed by atoms with E-state index in [1.165, 1.54) is 12.8 Å². The molecule has 0 unspecified atom stereocenters. The highest BCUT2D eigenvalue weighted by Crippen LogP contribution is 2.53. The first-order valence-electron chi connectivity index (χ1n) is 8.67. The highest BCUT2D eigenvalue weighted by Gasteiger charge is 2.49. The first-order valence-corrected chi connectivity index (χ1v) is 8.67. The van der Waals surface area contributed by atoms with Crippen molar-refractivity contribution in [2.24, 2.45) is 47.3 Å². The number of hydrogen-bond acceptors (Lipinski definition) is 2. The second-order valence-electron chi connectivity index (χ2n) is 7.79. The molecule has 2 nitrogen and oxygen atoms in total. The van der Waals surface area contributed by atoms with Crippen LogP contribution in [0.2, 0.25) is 0 Å². The van der Waals surface area contributed by atoms with Crippen LogP contribution in [-0.2, 0) is 4.79 Å².